The van der Waals surface area contributed by atoms with E-state index in [0.717, 1.165) is 20.9 Å². The van der Waals surface area contributed by atoms with Crippen molar-refractivity contribution in [3.63, 3.8) is 0 Å². The van der Waals surface area contributed by atoms with Crippen molar-refractivity contribution >= 4 is 21.2 Å². The molecule has 0 amide bonds. The molecule has 0 radical (unpaired) electrons. The second kappa shape index (κ2) is 6.30. The second-order valence-corrected chi connectivity index (χ2v) is 8.95. The SMILES string of the molecule is Cc1ccc(C(c2ccc(C)s2)S(=O)(=O)c2ccccc2)cc1. The molecule has 1 unspecified atom stereocenters. The fraction of sp³-hybridized carbons (Fsp3) is 0.158. The molecule has 0 aliphatic carbocycles. The Morgan fingerprint density at radius 2 is 1.48 bits per heavy atom. The van der Waals surface area contributed by atoms with Crippen LogP contribution in [0.15, 0.2) is 71.6 Å². The summed E-state index contributed by atoms with van der Waals surface area (Å²) in [6, 6.07) is 20.3. The Morgan fingerprint density at radius 3 is 2.04 bits per heavy atom. The molecule has 0 N–H and O–H groups in total. The third-order valence-corrected chi connectivity index (χ3v) is 7.07. The highest BCUT2D eigenvalue weighted by Gasteiger charge is 2.31. The van der Waals surface area contributed by atoms with Crippen LogP contribution in [-0.2, 0) is 9.84 Å². The smallest absolute Gasteiger partial charge is 0.190 e. The lowest BCUT2D eigenvalue weighted by atomic mass is 10.1. The third-order valence-electron chi connectivity index (χ3n) is 3.78. The van der Waals surface area contributed by atoms with E-state index in [-0.39, 0.29) is 0 Å². The lowest BCUT2D eigenvalue weighted by Gasteiger charge is -2.17. The Hall–Kier alpha value is -1.91. The molecule has 0 saturated carbocycles. The zero-order valence-corrected chi connectivity index (χ0v) is 14.7. The van der Waals surface area contributed by atoms with Gasteiger partial charge in [0.1, 0.15) is 5.25 Å². The van der Waals surface area contributed by atoms with Gasteiger partial charge in [-0.1, -0.05) is 48.0 Å². The van der Waals surface area contributed by atoms with E-state index in [4.69, 9.17) is 0 Å². The van der Waals surface area contributed by atoms with E-state index in [1.807, 2.05) is 56.3 Å². The predicted octanol–water partition coefficient (Wildman–Crippen LogP) is 4.93. The molecule has 23 heavy (non-hydrogen) atoms. The van der Waals surface area contributed by atoms with Gasteiger partial charge in [0.15, 0.2) is 9.84 Å². The minimum atomic E-state index is -3.50. The maximum Gasteiger partial charge on any atom is 0.190 e. The molecule has 0 spiro atoms. The molecule has 3 rings (SSSR count). The normalized spacial score (nSPS) is 13.0. The first-order valence-corrected chi connectivity index (χ1v) is 9.76. The zero-order chi connectivity index (χ0) is 16.4. The largest absolute Gasteiger partial charge is 0.223 e. The van der Waals surface area contributed by atoms with E-state index < -0.39 is 15.1 Å². The second-order valence-electron chi connectivity index (χ2n) is 5.60. The summed E-state index contributed by atoms with van der Waals surface area (Å²) in [5.74, 6) is 0. The van der Waals surface area contributed by atoms with Gasteiger partial charge in [0, 0.05) is 9.75 Å². The van der Waals surface area contributed by atoms with Crippen LogP contribution in [0.2, 0.25) is 0 Å². The minimum absolute atomic E-state index is 0.358. The molecule has 1 heterocycles. The maximum atomic E-state index is 13.2. The van der Waals surface area contributed by atoms with Gasteiger partial charge in [0.2, 0.25) is 0 Å². The molecular weight excluding hydrogens is 324 g/mol. The van der Waals surface area contributed by atoms with Crippen molar-refractivity contribution in [1.82, 2.24) is 0 Å². The Balaban J connectivity index is 2.18. The third kappa shape index (κ3) is 3.23. The highest BCUT2D eigenvalue weighted by molar-refractivity contribution is 7.92. The Kier molecular flexibility index (Phi) is 4.37. The van der Waals surface area contributed by atoms with Gasteiger partial charge >= 0.3 is 0 Å². The Morgan fingerprint density at radius 1 is 0.826 bits per heavy atom. The number of hydrogen-bond acceptors (Lipinski definition) is 3. The summed E-state index contributed by atoms with van der Waals surface area (Å²) in [7, 11) is -3.50. The summed E-state index contributed by atoms with van der Waals surface area (Å²) in [5, 5.41) is -0.663. The van der Waals surface area contributed by atoms with Crippen molar-refractivity contribution in [3.05, 3.63) is 87.6 Å². The van der Waals surface area contributed by atoms with E-state index in [1.165, 1.54) is 11.3 Å². The van der Waals surface area contributed by atoms with Crippen LogP contribution in [0, 0.1) is 13.8 Å². The number of aryl methyl sites for hydroxylation is 2. The Bertz CT molecular complexity index is 892. The van der Waals surface area contributed by atoms with Crippen molar-refractivity contribution in [2.75, 3.05) is 0 Å². The molecule has 0 aliphatic heterocycles. The molecule has 2 aromatic carbocycles. The van der Waals surface area contributed by atoms with Gasteiger partial charge in [-0.25, -0.2) is 8.42 Å². The van der Waals surface area contributed by atoms with Crippen LogP contribution in [0.3, 0.4) is 0 Å². The zero-order valence-electron chi connectivity index (χ0n) is 13.1. The number of sulfone groups is 1. The van der Waals surface area contributed by atoms with Gasteiger partial charge in [-0.15, -0.1) is 11.3 Å². The van der Waals surface area contributed by atoms with Crippen molar-refractivity contribution in [3.8, 4) is 0 Å². The highest BCUT2D eigenvalue weighted by Crippen LogP contribution is 2.38. The van der Waals surface area contributed by atoms with E-state index in [2.05, 4.69) is 0 Å². The lowest BCUT2D eigenvalue weighted by Crippen LogP contribution is -2.14. The van der Waals surface area contributed by atoms with Crippen LogP contribution in [0.4, 0.5) is 0 Å². The maximum absolute atomic E-state index is 13.2. The number of hydrogen-bond donors (Lipinski definition) is 0. The molecule has 4 heteroatoms. The van der Waals surface area contributed by atoms with Gasteiger partial charge in [-0.3, -0.25) is 0 Å². The summed E-state index contributed by atoms with van der Waals surface area (Å²) in [5.41, 5.74) is 1.92. The van der Waals surface area contributed by atoms with Crippen molar-refractivity contribution in [2.45, 2.75) is 24.0 Å². The number of thiophene rings is 1. The molecule has 1 aromatic heterocycles. The molecule has 1 atom stereocenters. The summed E-state index contributed by atoms with van der Waals surface area (Å²) in [6.45, 7) is 4.00. The molecule has 118 valence electrons. The van der Waals surface area contributed by atoms with Crippen LogP contribution >= 0.6 is 11.3 Å². The van der Waals surface area contributed by atoms with Crippen LogP contribution in [0.1, 0.15) is 26.1 Å². The fourth-order valence-electron chi connectivity index (χ4n) is 2.58. The summed E-state index contributed by atoms with van der Waals surface area (Å²) in [4.78, 5) is 2.33. The minimum Gasteiger partial charge on any atom is -0.223 e. The highest BCUT2D eigenvalue weighted by atomic mass is 32.2. The molecular formula is C19H18O2S2. The quantitative estimate of drug-likeness (QED) is 0.674. The molecule has 3 aromatic rings. The molecule has 2 nitrogen and oxygen atoms in total. The molecule has 0 fully saturated rings. The summed E-state index contributed by atoms with van der Waals surface area (Å²) < 4.78 is 26.5. The summed E-state index contributed by atoms with van der Waals surface area (Å²) in [6.07, 6.45) is 0. The van der Waals surface area contributed by atoms with Gasteiger partial charge in [-0.05, 0) is 43.7 Å². The first kappa shape index (κ1) is 16.0. The summed E-state index contributed by atoms with van der Waals surface area (Å²) >= 11 is 1.54. The van der Waals surface area contributed by atoms with E-state index in [0.29, 0.717) is 4.90 Å². The van der Waals surface area contributed by atoms with Gasteiger partial charge in [-0.2, -0.15) is 0 Å². The average molecular weight is 342 g/mol. The first-order valence-electron chi connectivity index (χ1n) is 7.40. The average Bonchev–Trinajstić information content (AvgIpc) is 2.96. The Labute approximate surface area is 141 Å². The lowest BCUT2D eigenvalue weighted by molar-refractivity contribution is 0.589. The van der Waals surface area contributed by atoms with Crippen LogP contribution in [-0.4, -0.2) is 8.42 Å². The number of rotatable bonds is 4. The van der Waals surface area contributed by atoms with E-state index >= 15 is 0 Å². The van der Waals surface area contributed by atoms with Gasteiger partial charge in [0.25, 0.3) is 0 Å². The van der Waals surface area contributed by atoms with Crippen molar-refractivity contribution in [2.24, 2.45) is 0 Å². The molecule has 0 bridgehead atoms. The van der Waals surface area contributed by atoms with Crippen molar-refractivity contribution in [1.29, 1.82) is 0 Å². The van der Waals surface area contributed by atoms with Crippen LogP contribution in [0.25, 0.3) is 0 Å². The first-order chi connectivity index (χ1) is 11.0. The van der Waals surface area contributed by atoms with Crippen molar-refractivity contribution < 1.29 is 8.42 Å². The standard InChI is InChI=1S/C19H18O2S2/c1-14-8-11-16(12-9-14)19(18-13-10-15(2)22-18)23(20,21)17-6-4-3-5-7-17/h3-13,19H,1-2H3. The van der Waals surface area contributed by atoms with E-state index in [1.54, 1.807) is 24.3 Å². The topological polar surface area (TPSA) is 34.1 Å². The predicted molar refractivity (Wildman–Crippen MR) is 95.7 cm³/mol. The van der Waals surface area contributed by atoms with Gasteiger partial charge in [0.05, 0.1) is 4.90 Å². The van der Waals surface area contributed by atoms with Crippen LogP contribution in [0.5, 0.6) is 0 Å². The van der Waals surface area contributed by atoms with Gasteiger partial charge < -0.3 is 0 Å². The molecule has 0 aliphatic rings. The fourth-order valence-corrected chi connectivity index (χ4v) is 5.70. The number of benzene rings is 2. The van der Waals surface area contributed by atoms with Crippen LogP contribution < -0.4 is 0 Å². The monoisotopic (exact) mass is 342 g/mol. The van der Waals surface area contributed by atoms with E-state index in [9.17, 15) is 8.42 Å². The molecule has 0 saturated heterocycles.